The molecule has 1 unspecified atom stereocenters. The molecular formula is C11H20N2O3. The summed E-state index contributed by atoms with van der Waals surface area (Å²) in [5.74, 6) is 0.817. The lowest BCUT2D eigenvalue weighted by Gasteiger charge is -2.22. The molecule has 0 aromatic carbocycles. The van der Waals surface area contributed by atoms with Crippen LogP contribution in [-0.2, 0) is 22.9 Å². The van der Waals surface area contributed by atoms with Gasteiger partial charge in [-0.15, -0.1) is 0 Å². The van der Waals surface area contributed by atoms with Crippen LogP contribution in [-0.4, -0.2) is 40.3 Å². The molecule has 0 aliphatic carbocycles. The van der Waals surface area contributed by atoms with Crippen LogP contribution in [0.25, 0.3) is 0 Å². The number of hydrogen-bond donors (Lipinski definition) is 1. The topological polar surface area (TPSA) is 56.5 Å². The Morgan fingerprint density at radius 3 is 2.44 bits per heavy atom. The van der Waals surface area contributed by atoms with Crippen LogP contribution in [0.4, 0.5) is 0 Å². The van der Waals surface area contributed by atoms with Gasteiger partial charge in [0.25, 0.3) is 0 Å². The molecule has 1 atom stereocenters. The Morgan fingerprint density at radius 2 is 2.00 bits per heavy atom. The number of aliphatic hydroxyl groups is 1. The average molecular weight is 228 g/mol. The van der Waals surface area contributed by atoms with Gasteiger partial charge in [-0.05, 0) is 13.8 Å². The molecule has 1 aromatic heterocycles. The van der Waals surface area contributed by atoms with Gasteiger partial charge in [-0.3, -0.25) is 0 Å². The predicted octanol–water partition coefficient (Wildman–Crippen LogP) is 0.723. The van der Waals surface area contributed by atoms with Crippen molar-refractivity contribution in [1.82, 2.24) is 9.55 Å². The zero-order valence-corrected chi connectivity index (χ0v) is 10.1. The normalized spacial score (nSPS) is 13.3. The molecule has 0 aliphatic heterocycles. The van der Waals surface area contributed by atoms with Gasteiger partial charge in [0.15, 0.2) is 6.29 Å². The van der Waals surface area contributed by atoms with Crippen LogP contribution >= 0.6 is 0 Å². The first-order chi connectivity index (χ1) is 7.69. The number of aromatic nitrogens is 2. The number of ether oxygens (including phenoxy) is 2. The average Bonchev–Trinajstić information content (AvgIpc) is 2.64. The summed E-state index contributed by atoms with van der Waals surface area (Å²) in [6.45, 7) is 4.78. The molecule has 1 N–H and O–H groups in total. The first kappa shape index (κ1) is 13.2. The molecule has 0 saturated heterocycles. The van der Waals surface area contributed by atoms with Crippen LogP contribution in [0, 0.1) is 0 Å². The van der Waals surface area contributed by atoms with Crippen molar-refractivity contribution in [3.05, 3.63) is 18.2 Å². The smallest absolute Gasteiger partial charge is 0.183 e. The minimum absolute atomic E-state index is 0.425. The maximum atomic E-state index is 9.96. The number of rotatable bonds is 7. The van der Waals surface area contributed by atoms with E-state index in [1.54, 1.807) is 6.20 Å². The van der Waals surface area contributed by atoms with E-state index in [0.29, 0.717) is 19.6 Å². The fraction of sp³-hybridized carbons (Fsp3) is 0.727. The van der Waals surface area contributed by atoms with E-state index in [1.165, 1.54) is 0 Å². The summed E-state index contributed by atoms with van der Waals surface area (Å²) >= 11 is 0. The summed E-state index contributed by atoms with van der Waals surface area (Å²) in [6.07, 6.45) is 2.71. The molecule has 5 heteroatoms. The number of imidazole rings is 1. The molecule has 1 rings (SSSR count). The lowest BCUT2D eigenvalue weighted by atomic mass is 10.2. The van der Waals surface area contributed by atoms with Crippen LogP contribution in [0.5, 0.6) is 0 Å². The van der Waals surface area contributed by atoms with Gasteiger partial charge in [0.05, 0.1) is 0 Å². The summed E-state index contributed by atoms with van der Waals surface area (Å²) in [6, 6.07) is 0. The summed E-state index contributed by atoms with van der Waals surface area (Å²) in [4.78, 5) is 4.15. The van der Waals surface area contributed by atoms with Crippen LogP contribution in [0.15, 0.2) is 12.4 Å². The Kier molecular flexibility index (Phi) is 5.45. The van der Waals surface area contributed by atoms with E-state index in [1.807, 2.05) is 31.7 Å². The van der Waals surface area contributed by atoms with E-state index < -0.39 is 12.4 Å². The SMILES string of the molecule is CCOC(OCC)C(O)Cc1nccn1C. The lowest BCUT2D eigenvalue weighted by Crippen LogP contribution is -2.34. The van der Waals surface area contributed by atoms with E-state index in [9.17, 15) is 5.11 Å². The summed E-state index contributed by atoms with van der Waals surface area (Å²) in [5, 5.41) is 9.96. The van der Waals surface area contributed by atoms with E-state index in [2.05, 4.69) is 4.98 Å². The summed E-state index contributed by atoms with van der Waals surface area (Å²) < 4.78 is 12.5. The van der Waals surface area contributed by atoms with Gasteiger partial charge in [0.1, 0.15) is 11.9 Å². The summed E-state index contributed by atoms with van der Waals surface area (Å²) in [7, 11) is 1.89. The second-order valence-electron chi connectivity index (χ2n) is 3.50. The van der Waals surface area contributed by atoms with Crippen molar-refractivity contribution in [2.75, 3.05) is 13.2 Å². The predicted molar refractivity (Wildman–Crippen MR) is 60.0 cm³/mol. The molecule has 0 amide bonds. The van der Waals surface area contributed by atoms with Crippen molar-refractivity contribution in [2.45, 2.75) is 32.7 Å². The molecular weight excluding hydrogens is 208 g/mol. The van der Waals surface area contributed by atoms with Crippen molar-refractivity contribution in [2.24, 2.45) is 7.05 Å². The highest BCUT2D eigenvalue weighted by molar-refractivity contribution is 4.93. The third-order valence-electron chi connectivity index (χ3n) is 2.29. The molecule has 0 spiro atoms. The van der Waals surface area contributed by atoms with Crippen molar-refractivity contribution in [1.29, 1.82) is 0 Å². The Bertz CT molecular complexity index is 295. The third kappa shape index (κ3) is 3.59. The Hall–Kier alpha value is -0.910. The lowest BCUT2D eigenvalue weighted by molar-refractivity contribution is -0.189. The fourth-order valence-electron chi connectivity index (χ4n) is 1.48. The van der Waals surface area contributed by atoms with Gasteiger partial charge in [0, 0.05) is 39.1 Å². The van der Waals surface area contributed by atoms with Gasteiger partial charge in [-0.25, -0.2) is 4.98 Å². The molecule has 0 saturated carbocycles. The van der Waals surface area contributed by atoms with Crippen molar-refractivity contribution in [3.8, 4) is 0 Å². The van der Waals surface area contributed by atoms with Crippen LogP contribution in [0.3, 0.4) is 0 Å². The molecule has 0 fully saturated rings. The molecule has 1 heterocycles. The largest absolute Gasteiger partial charge is 0.387 e. The minimum atomic E-state index is -0.694. The highest BCUT2D eigenvalue weighted by Gasteiger charge is 2.21. The van der Waals surface area contributed by atoms with Crippen molar-refractivity contribution in [3.63, 3.8) is 0 Å². The van der Waals surface area contributed by atoms with Gasteiger partial charge >= 0.3 is 0 Å². The van der Waals surface area contributed by atoms with Gasteiger partial charge in [-0.2, -0.15) is 0 Å². The molecule has 16 heavy (non-hydrogen) atoms. The Balaban J connectivity index is 2.54. The standard InChI is InChI=1S/C11H20N2O3/c1-4-15-11(16-5-2)9(14)8-10-12-6-7-13(10)3/h6-7,9,11,14H,4-5,8H2,1-3H3. The second-order valence-corrected chi connectivity index (χ2v) is 3.50. The second kappa shape index (κ2) is 6.62. The Labute approximate surface area is 96.0 Å². The van der Waals surface area contributed by atoms with E-state index in [4.69, 9.17) is 9.47 Å². The Morgan fingerprint density at radius 1 is 1.38 bits per heavy atom. The molecule has 0 bridgehead atoms. The summed E-state index contributed by atoms with van der Waals surface area (Å²) in [5.41, 5.74) is 0. The zero-order valence-electron chi connectivity index (χ0n) is 10.1. The highest BCUT2D eigenvalue weighted by Crippen LogP contribution is 2.08. The molecule has 5 nitrogen and oxygen atoms in total. The number of aliphatic hydroxyl groups excluding tert-OH is 1. The molecule has 0 aliphatic rings. The molecule has 1 aromatic rings. The number of nitrogens with zero attached hydrogens (tertiary/aromatic N) is 2. The van der Waals surface area contributed by atoms with Gasteiger partial charge < -0.3 is 19.1 Å². The van der Waals surface area contributed by atoms with Crippen LogP contribution in [0.2, 0.25) is 0 Å². The fourth-order valence-corrected chi connectivity index (χ4v) is 1.48. The molecule has 0 radical (unpaired) electrons. The molecule has 92 valence electrons. The minimum Gasteiger partial charge on any atom is -0.387 e. The third-order valence-corrected chi connectivity index (χ3v) is 2.29. The van der Waals surface area contributed by atoms with Gasteiger partial charge in [-0.1, -0.05) is 0 Å². The van der Waals surface area contributed by atoms with Crippen molar-refractivity contribution >= 4 is 0 Å². The maximum Gasteiger partial charge on any atom is 0.183 e. The maximum absolute atomic E-state index is 9.96. The quantitative estimate of drug-likeness (QED) is 0.699. The first-order valence-electron chi connectivity index (χ1n) is 5.56. The first-order valence-corrected chi connectivity index (χ1v) is 5.56. The monoisotopic (exact) mass is 228 g/mol. The van der Waals surface area contributed by atoms with E-state index >= 15 is 0 Å². The van der Waals surface area contributed by atoms with Crippen LogP contribution < -0.4 is 0 Å². The van der Waals surface area contributed by atoms with E-state index in [-0.39, 0.29) is 0 Å². The van der Waals surface area contributed by atoms with E-state index in [0.717, 1.165) is 5.82 Å². The number of hydrogen-bond acceptors (Lipinski definition) is 4. The van der Waals surface area contributed by atoms with Gasteiger partial charge in [0.2, 0.25) is 0 Å². The highest BCUT2D eigenvalue weighted by atomic mass is 16.7. The zero-order chi connectivity index (χ0) is 12.0. The number of aryl methyl sites for hydroxylation is 1. The van der Waals surface area contributed by atoms with Crippen LogP contribution in [0.1, 0.15) is 19.7 Å². The van der Waals surface area contributed by atoms with Crippen molar-refractivity contribution < 1.29 is 14.6 Å².